The quantitative estimate of drug-likeness (QED) is 0.884. The van der Waals surface area contributed by atoms with Crippen molar-refractivity contribution >= 4 is 0 Å². The molecule has 0 bridgehead atoms. The Labute approximate surface area is 97.8 Å². The van der Waals surface area contributed by atoms with Crippen molar-refractivity contribution in [2.45, 2.75) is 18.5 Å². The van der Waals surface area contributed by atoms with Gasteiger partial charge in [-0.3, -0.25) is 0 Å². The predicted molar refractivity (Wildman–Crippen MR) is 58.2 cm³/mol. The standard InChI is InChI=1S/C12H14F3NO/c13-12(14,15)8-17-11-3-1-9(2-4-11)10-5-6-16-7-10/h1-4,10,16H,5-8H2. The number of ether oxygens (including phenoxy) is 1. The van der Waals surface area contributed by atoms with Gasteiger partial charge in [0.1, 0.15) is 5.75 Å². The summed E-state index contributed by atoms with van der Waals surface area (Å²) >= 11 is 0. The van der Waals surface area contributed by atoms with Crippen molar-refractivity contribution < 1.29 is 17.9 Å². The van der Waals surface area contributed by atoms with Crippen LogP contribution in [0.2, 0.25) is 0 Å². The van der Waals surface area contributed by atoms with Gasteiger partial charge >= 0.3 is 6.18 Å². The van der Waals surface area contributed by atoms with Crippen LogP contribution in [0.15, 0.2) is 24.3 Å². The predicted octanol–water partition coefficient (Wildman–Crippen LogP) is 2.70. The average molecular weight is 245 g/mol. The largest absolute Gasteiger partial charge is 0.484 e. The summed E-state index contributed by atoms with van der Waals surface area (Å²) in [4.78, 5) is 0. The van der Waals surface area contributed by atoms with Crippen molar-refractivity contribution in [3.05, 3.63) is 29.8 Å². The number of hydrogen-bond donors (Lipinski definition) is 1. The van der Waals surface area contributed by atoms with Crippen LogP contribution in [0.3, 0.4) is 0 Å². The summed E-state index contributed by atoms with van der Waals surface area (Å²) in [5.41, 5.74) is 1.15. The Balaban J connectivity index is 1.93. The van der Waals surface area contributed by atoms with E-state index < -0.39 is 12.8 Å². The molecule has 0 spiro atoms. The Kier molecular flexibility index (Phi) is 3.57. The molecule has 2 nitrogen and oxygen atoms in total. The molecule has 0 saturated carbocycles. The summed E-state index contributed by atoms with van der Waals surface area (Å²) in [6, 6.07) is 6.87. The molecule has 94 valence electrons. The molecular formula is C12H14F3NO. The van der Waals surface area contributed by atoms with E-state index in [0.717, 1.165) is 25.1 Å². The van der Waals surface area contributed by atoms with Crippen LogP contribution in [0.1, 0.15) is 17.9 Å². The lowest BCUT2D eigenvalue weighted by molar-refractivity contribution is -0.153. The van der Waals surface area contributed by atoms with Crippen LogP contribution in [-0.4, -0.2) is 25.9 Å². The highest BCUT2D eigenvalue weighted by atomic mass is 19.4. The zero-order chi connectivity index (χ0) is 12.3. The average Bonchev–Trinajstić information content (AvgIpc) is 2.79. The highest BCUT2D eigenvalue weighted by Gasteiger charge is 2.28. The van der Waals surface area contributed by atoms with Crippen LogP contribution < -0.4 is 10.1 Å². The van der Waals surface area contributed by atoms with Crippen molar-refractivity contribution in [3.8, 4) is 5.75 Å². The van der Waals surface area contributed by atoms with E-state index in [1.807, 2.05) is 12.1 Å². The van der Waals surface area contributed by atoms with Gasteiger partial charge in [0.2, 0.25) is 0 Å². The van der Waals surface area contributed by atoms with E-state index in [9.17, 15) is 13.2 Å². The van der Waals surface area contributed by atoms with Crippen LogP contribution in [0.25, 0.3) is 0 Å². The number of hydrogen-bond acceptors (Lipinski definition) is 2. The zero-order valence-electron chi connectivity index (χ0n) is 9.26. The number of nitrogens with one attached hydrogen (secondary N) is 1. The van der Waals surface area contributed by atoms with Crippen molar-refractivity contribution in [1.29, 1.82) is 0 Å². The van der Waals surface area contributed by atoms with Gasteiger partial charge in [-0.1, -0.05) is 12.1 Å². The molecule has 0 aromatic heterocycles. The van der Waals surface area contributed by atoms with Gasteiger partial charge in [-0.2, -0.15) is 13.2 Å². The van der Waals surface area contributed by atoms with Gasteiger partial charge in [0, 0.05) is 6.54 Å². The monoisotopic (exact) mass is 245 g/mol. The molecule has 0 radical (unpaired) electrons. The van der Waals surface area contributed by atoms with Crippen LogP contribution in [0, 0.1) is 0 Å². The molecule has 0 amide bonds. The highest BCUT2D eigenvalue weighted by Crippen LogP contribution is 2.25. The number of alkyl halides is 3. The Bertz CT molecular complexity index is 355. The van der Waals surface area contributed by atoms with Crippen LogP contribution in [-0.2, 0) is 0 Å². The molecule has 2 rings (SSSR count). The Hall–Kier alpha value is -1.23. The summed E-state index contributed by atoms with van der Waals surface area (Å²) < 4.78 is 40.4. The minimum Gasteiger partial charge on any atom is -0.484 e. The maximum Gasteiger partial charge on any atom is 0.422 e. The van der Waals surface area contributed by atoms with Crippen LogP contribution in [0.5, 0.6) is 5.75 Å². The second kappa shape index (κ2) is 4.96. The maximum atomic E-state index is 11.9. The van der Waals surface area contributed by atoms with Crippen LogP contribution >= 0.6 is 0 Å². The van der Waals surface area contributed by atoms with Crippen molar-refractivity contribution in [2.24, 2.45) is 0 Å². The van der Waals surface area contributed by atoms with E-state index in [4.69, 9.17) is 0 Å². The lowest BCUT2D eigenvalue weighted by Gasteiger charge is -2.11. The Morgan fingerprint density at radius 2 is 1.94 bits per heavy atom. The molecule has 0 aliphatic carbocycles. The molecule has 1 unspecified atom stereocenters. The third-order valence-electron chi connectivity index (χ3n) is 2.81. The second-order valence-electron chi connectivity index (χ2n) is 4.16. The Morgan fingerprint density at radius 1 is 1.24 bits per heavy atom. The van der Waals surface area contributed by atoms with Gasteiger partial charge in [0.15, 0.2) is 6.61 Å². The summed E-state index contributed by atoms with van der Waals surface area (Å²) in [5, 5.41) is 3.25. The summed E-state index contributed by atoms with van der Waals surface area (Å²) in [5.74, 6) is 0.726. The fraction of sp³-hybridized carbons (Fsp3) is 0.500. The van der Waals surface area contributed by atoms with Gasteiger partial charge < -0.3 is 10.1 Å². The highest BCUT2D eigenvalue weighted by molar-refractivity contribution is 5.30. The zero-order valence-corrected chi connectivity index (χ0v) is 9.26. The fourth-order valence-electron chi connectivity index (χ4n) is 1.94. The lowest BCUT2D eigenvalue weighted by Crippen LogP contribution is -2.19. The van der Waals surface area contributed by atoms with E-state index >= 15 is 0 Å². The minimum atomic E-state index is -4.28. The molecule has 1 saturated heterocycles. The van der Waals surface area contributed by atoms with Gasteiger partial charge in [-0.25, -0.2) is 0 Å². The molecule has 1 aromatic carbocycles. The van der Waals surface area contributed by atoms with E-state index in [2.05, 4.69) is 10.1 Å². The first-order valence-electron chi connectivity index (χ1n) is 5.55. The van der Waals surface area contributed by atoms with Gasteiger partial charge in [0.25, 0.3) is 0 Å². The topological polar surface area (TPSA) is 21.3 Å². The SMILES string of the molecule is FC(F)(F)COc1ccc(C2CCNC2)cc1. The van der Waals surface area contributed by atoms with Crippen molar-refractivity contribution in [1.82, 2.24) is 5.32 Å². The van der Waals surface area contributed by atoms with E-state index in [1.54, 1.807) is 12.1 Å². The number of rotatable bonds is 3. The van der Waals surface area contributed by atoms with E-state index in [0.29, 0.717) is 5.92 Å². The van der Waals surface area contributed by atoms with Gasteiger partial charge in [0.05, 0.1) is 0 Å². The summed E-state index contributed by atoms with van der Waals surface area (Å²) in [6.45, 7) is 0.692. The van der Waals surface area contributed by atoms with Crippen LogP contribution in [0.4, 0.5) is 13.2 Å². The van der Waals surface area contributed by atoms with Crippen molar-refractivity contribution in [3.63, 3.8) is 0 Å². The summed E-state index contributed by atoms with van der Waals surface area (Å²) in [6.07, 6.45) is -3.21. The second-order valence-corrected chi connectivity index (χ2v) is 4.16. The third kappa shape index (κ3) is 3.63. The maximum absolute atomic E-state index is 11.9. The summed E-state index contributed by atoms with van der Waals surface area (Å²) in [7, 11) is 0. The minimum absolute atomic E-state index is 0.261. The number of halogens is 3. The van der Waals surface area contributed by atoms with E-state index in [1.165, 1.54) is 0 Å². The lowest BCUT2D eigenvalue weighted by atomic mass is 9.99. The molecule has 1 atom stereocenters. The van der Waals surface area contributed by atoms with Gasteiger partial charge in [-0.05, 0) is 36.6 Å². The molecule has 1 aromatic rings. The molecule has 17 heavy (non-hydrogen) atoms. The molecule has 1 aliphatic heterocycles. The first kappa shape index (κ1) is 12.2. The normalized spacial score (nSPS) is 20.5. The van der Waals surface area contributed by atoms with Crippen molar-refractivity contribution in [2.75, 3.05) is 19.7 Å². The number of benzene rings is 1. The van der Waals surface area contributed by atoms with Gasteiger partial charge in [-0.15, -0.1) is 0 Å². The third-order valence-corrected chi connectivity index (χ3v) is 2.81. The molecule has 1 N–H and O–H groups in total. The Morgan fingerprint density at radius 3 is 2.47 bits per heavy atom. The first-order valence-corrected chi connectivity index (χ1v) is 5.55. The fourth-order valence-corrected chi connectivity index (χ4v) is 1.94. The molecule has 5 heteroatoms. The molecule has 1 heterocycles. The molecule has 1 fully saturated rings. The smallest absolute Gasteiger partial charge is 0.422 e. The molecular weight excluding hydrogens is 231 g/mol. The van der Waals surface area contributed by atoms with E-state index in [-0.39, 0.29) is 5.75 Å². The first-order chi connectivity index (χ1) is 8.04. The molecule has 1 aliphatic rings.